The van der Waals surface area contributed by atoms with E-state index in [1.165, 1.54) is 19.3 Å². The molecule has 0 amide bonds. The minimum absolute atomic E-state index is 0.199. The number of oxime groups is 1. The van der Waals surface area contributed by atoms with Crippen molar-refractivity contribution in [3.63, 3.8) is 0 Å². The molecule has 1 fully saturated rings. The first-order chi connectivity index (χ1) is 8.47. The molecule has 0 heterocycles. The normalized spacial score (nSPS) is 25.6. The highest BCUT2D eigenvalue weighted by Crippen LogP contribution is 2.25. The van der Waals surface area contributed by atoms with Gasteiger partial charge in [0.05, 0.1) is 0 Å². The van der Waals surface area contributed by atoms with Gasteiger partial charge in [-0.05, 0) is 38.1 Å². The zero-order chi connectivity index (χ0) is 13.6. The zero-order valence-corrected chi connectivity index (χ0v) is 12.1. The van der Waals surface area contributed by atoms with Crippen molar-refractivity contribution in [1.82, 2.24) is 5.32 Å². The smallest absolute Gasteiger partial charge is 0.144 e. The van der Waals surface area contributed by atoms with E-state index in [1.54, 1.807) is 0 Å². The molecule has 0 aromatic rings. The lowest BCUT2D eigenvalue weighted by molar-refractivity contribution is 0.304. The molecule has 0 radical (unpaired) electrons. The van der Waals surface area contributed by atoms with Crippen LogP contribution in [-0.4, -0.2) is 23.6 Å². The van der Waals surface area contributed by atoms with Crippen LogP contribution in [0.3, 0.4) is 0 Å². The summed E-state index contributed by atoms with van der Waals surface area (Å²) in [6.45, 7) is 7.47. The highest BCUT2D eigenvalue weighted by Gasteiger charge is 2.24. The largest absolute Gasteiger partial charge is 0.409 e. The lowest BCUT2D eigenvalue weighted by atomic mass is 9.86. The van der Waals surface area contributed by atoms with E-state index in [-0.39, 0.29) is 5.41 Å². The first-order valence-electron chi connectivity index (χ1n) is 7.19. The lowest BCUT2D eigenvalue weighted by Crippen LogP contribution is -2.33. The van der Waals surface area contributed by atoms with Crippen molar-refractivity contribution >= 4 is 5.84 Å². The molecule has 0 aliphatic heterocycles. The summed E-state index contributed by atoms with van der Waals surface area (Å²) in [6, 6.07) is 0.724. The molecule has 2 atom stereocenters. The van der Waals surface area contributed by atoms with Gasteiger partial charge in [0.2, 0.25) is 0 Å². The van der Waals surface area contributed by atoms with E-state index in [9.17, 15) is 0 Å². The van der Waals surface area contributed by atoms with E-state index in [0.29, 0.717) is 5.84 Å². The van der Waals surface area contributed by atoms with Gasteiger partial charge in [-0.3, -0.25) is 0 Å². The standard InChI is InChI=1S/C14H29N3O/c1-11-7-6-8-12(11)16-10-5-4-9-14(2,3)13(15)17-18/h11-12,16,18H,4-10H2,1-3H3,(H2,15,17). The van der Waals surface area contributed by atoms with Crippen molar-refractivity contribution in [2.45, 2.75) is 65.3 Å². The molecule has 0 saturated heterocycles. The zero-order valence-electron chi connectivity index (χ0n) is 12.1. The number of hydrogen-bond acceptors (Lipinski definition) is 3. The maximum absolute atomic E-state index is 8.70. The Bertz CT molecular complexity index is 276. The number of unbranched alkanes of at least 4 members (excludes halogenated alkanes) is 1. The minimum atomic E-state index is -0.199. The summed E-state index contributed by atoms with van der Waals surface area (Å²) in [5, 5.41) is 15.5. The van der Waals surface area contributed by atoms with Crippen LogP contribution in [0.15, 0.2) is 5.16 Å². The molecule has 0 aromatic heterocycles. The molecule has 1 rings (SSSR count). The van der Waals surface area contributed by atoms with Crippen molar-refractivity contribution < 1.29 is 5.21 Å². The van der Waals surface area contributed by atoms with Gasteiger partial charge in [-0.1, -0.05) is 38.8 Å². The van der Waals surface area contributed by atoms with Gasteiger partial charge in [-0.15, -0.1) is 0 Å². The van der Waals surface area contributed by atoms with Crippen molar-refractivity contribution in [2.75, 3.05) is 6.54 Å². The van der Waals surface area contributed by atoms with Crippen LogP contribution in [0.4, 0.5) is 0 Å². The number of amidine groups is 1. The molecule has 1 aliphatic carbocycles. The fourth-order valence-corrected chi connectivity index (χ4v) is 2.69. The van der Waals surface area contributed by atoms with Gasteiger partial charge in [-0.2, -0.15) is 0 Å². The molecule has 4 nitrogen and oxygen atoms in total. The molecule has 1 saturated carbocycles. The molecule has 0 spiro atoms. The predicted molar refractivity (Wildman–Crippen MR) is 75.8 cm³/mol. The fraction of sp³-hybridized carbons (Fsp3) is 0.929. The summed E-state index contributed by atoms with van der Waals surface area (Å²) in [6.07, 6.45) is 7.30. The summed E-state index contributed by atoms with van der Waals surface area (Å²) >= 11 is 0. The predicted octanol–water partition coefficient (Wildman–Crippen LogP) is 2.71. The highest BCUT2D eigenvalue weighted by atomic mass is 16.4. The summed E-state index contributed by atoms with van der Waals surface area (Å²) in [5.74, 6) is 1.17. The second-order valence-electron chi connectivity index (χ2n) is 6.30. The topological polar surface area (TPSA) is 70.6 Å². The van der Waals surface area contributed by atoms with E-state index in [1.807, 2.05) is 13.8 Å². The Morgan fingerprint density at radius 3 is 2.67 bits per heavy atom. The molecule has 0 bridgehead atoms. The van der Waals surface area contributed by atoms with Gasteiger partial charge in [0.1, 0.15) is 5.84 Å². The molecule has 1 aliphatic rings. The molecule has 18 heavy (non-hydrogen) atoms. The molecule has 0 aromatic carbocycles. The van der Waals surface area contributed by atoms with Crippen molar-refractivity contribution in [2.24, 2.45) is 22.2 Å². The van der Waals surface area contributed by atoms with Crippen molar-refractivity contribution in [3.8, 4) is 0 Å². The van der Waals surface area contributed by atoms with Gasteiger partial charge in [-0.25, -0.2) is 0 Å². The Balaban J connectivity index is 2.11. The van der Waals surface area contributed by atoms with Gasteiger partial charge >= 0.3 is 0 Å². The Labute approximate surface area is 111 Å². The van der Waals surface area contributed by atoms with E-state index < -0.39 is 0 Å². The maximum atomic E-state index is 8.70. The third kappa shape index (κ3) is 4.48. The van der Waals surface area contributed by atoms with Crippen LogP contribution in [0.25, 0.3) is 0 Å². The first kappa shape index (κ1) is 15.3. The third-order valence-electron chi connectivity index (χ3n) is 4.30. The van der Waals surface area contributed by atoms with E-state index in [0.717, 1.165) is 37.8 Å². The molecule has 106 valence electrons. The van der Waals surface area contributed by atoms with Crippen LogP contribution >= 0.6 is 0 Å². The van der Waals surface area contributed by atoms with Crippen LogP contribution in [0.5, 0.6) is 0 Å². The third-order valence-corrected chi connectivity index (χ3v) is 4.30. The van der Waals surface area contributed by atoms with Crippen LogP contribution in [0.2, 0.25) is 0 Å². The number of nitrogens with one attached hydrogen (secondary N) is 1. The van der Waals surface area contributed by atoms with Crippen LogP contribution in [-0.2, 0) is 0 Å². The Morgan fingerprint density at radius 2 is 2.11 bits per heavy atom. The molecule has 2 unspecified atom stereocenters. The number of hydrogen-bond donors (Lipinski definition) is 3. The fourth-order valence-electron chi connectivity index (χ4n) is 2.69. The summed E-state index contributed by atoms with van der Waals surface area (Å²) in [4.78, 5) is 0. The quantitative estimate of drug-likeness (QED) is 0.215. The van der Waals surface area contributed by atoms with Crippen molar-refractivity contribution in [1.29, 1.82) is 0 Å². The van der Waals surface area contributed by atoms with Crippen LogP contribution in [0, 0.1) is 11.3 Å². The van der Waals surface area contributed by atoms with Gasteiger partial charge in [0, 0.05) is 11.5 Å². The van der Waals surface area contributed by atoms with Crippen LogP contribution < -0.4 is 11.1 Å². The maximum Gasteiger partial charge on any atom is 0.144 e. The Morgan fingerprint density at radius 1 is 1.39 bits per heavy atom. The summed E-state index contributed by atoms with van der Waals surface area (Å²) in [7, 11) is 0. The van der Waals surface area contributed by atoms with E-state index in [2.05, 4.69) is 17.4 Å². The second-order valence-corrected chi connectivity index (χ2v) is 6.30. The first-order valence-corrected chi connectivity index (χ1v) is 7.19. The Hall–Kier alpha value is -0.770. The average molecular weight is 255 g/mol. The van der Waals surface area contributed by atoms with E-state index in [4.69, 9.17) is 10.9 Å². The van der Waals surface area contributed by atoms with Gasteiger partial charge in [0.15, 0.2) is 0 Å². The highest BCUT2D eigenvalue weighted by molar-refractivity contribution is 5.85. The van der Waals surface area contributed by atoms with Crippen molar-refractivity contribution in [3.05, 3.63) is 0 Å². The number of rotatable bonds is 7. The monoisotopic (exact) mass is 255 g/mol. The second kappa shape index (κ2) is 6.98. The Kier molecular flexibility index (Phi) is 5.93. The average Bonchev–Trinajstić information content (AvgIpc) is 2.73. The lowest BCUT2D eigenvalue weighted by Gasteiger charge is -2.23. The minimum Gasteiger partial charge on any atom is -0.409 e. The van der Waals surface area contributed by atoms with E-state index >= 15 is 0 Å². The molecule has 4 heteroatoms. The molecule has 4 N–H and O–H groups in total. The SMILES string of the molecule is CC1CCCC1NCCCCC(C)(C)C(N)=NO. The molecular weight excluding hydrogens is 226 g/mol. The number of nitrogens with two attached hydrogens (primary N) is 1. The van der Waals surface area contributed by atoms with Crippen LogP contribution in [0.1, 0.15) is 59.3 Å². The number of nitrogens with zero attached hydrogens (tertiary/aromatic N) is 1. The van der Waals surface area contributed by atoms with Gasteiger partial charge in [0.25, 0.3) is 0 Å². The molecular formula is C14H29N3O. The summed E-state index contributed by atoms with van der Waals surface area (Å²) in [5.41, 5.74) is 5.47. The van der Waals surface area contributed by atoms with Gasteiger partial charge < -0.3 is 16.3 Å². The summed E-state index contributed by atoms with van der Waals surface area (Å²) < 4.78 is 0.